The topological polar surface area (TPSA) is 71.5 Å². The maximum Gasteiger partial charge on any atom is 0.260 e. The molecule has 0 spiro atoms. The zero-order valence-electron chi connectivity index (χ0n) is 14.9. The first-order chi connectivity index (χ1) is 12.5. The Morgan fingerprint density at radius 2 is 2.12 bits per heavy atom. The van der Waals surface area contributed by atoms with Gasteiger partial charge in [0, 0.05) is 23.9 Å². The summed E-state index contributed by atoms with van der Waals surface area (Å²) >= 11 is 0. The molecule has 1 fully saturated rings. The van der Waals surface area contributed by atoms with E-state index in [9.17, 15) is 9.59 Å². The summed E-state index contributed by atoms with van der Waals surface area (Å²) in [5, 5.41) is 2.81. The lowest BCUT2D eigenvalue weighted by Gasteiger charge is -2.16. The van der Waals surface area contributed by atoms with E-state index in [1.165, 1.54) is 0 Å². The Hall–Kier alpha value is -2.89. The smallest absolute Gasteiger partial charge is 0.260 e. The first-order valence-electron chi connectivity index (χ1n) is 8.80. The Labute approximate surface area is 152 Å². The van der Waals surface area contributed by atoms with Crippen molar-refractivity contribution in [2.24, 2.45) is 0 Å². The second kappa shape index (κ2) is 6.12. The molecule has 6 heteroatoms. The maximum atomic E-state index is 12.7. The summed E-state index contributed by atoms with van der Waals surface area (Å²) in [5.74, 6) is 0.954. The summed E-state index contributed by atoms with van der Waals surface area (Å²) in [6, 6.07) is 9.15. The van der Waals surface area contributed by atoms with Crippen molar-refractivity contribution in [1.29, 1.82) is 0 Å². The van der Waals surface area contributed by atoms with Crippen LogP contribution in [0, 0.1) is 0 Å². The number of aromatic nitrogens is 1. The molecule has 0 saturated carbocycles. The molecule has 3 heterocycles. The second-order valence-electron chi connectivity index (χ2n) is 7.36. The number of anilines is 2. The molecule has 2 aliphatic rings. The van der Waals surface area contributed by atoms with E-state index in [-0.39, 0.29) is 17.2 Å². The van der Waals surface area contributed by atoms with E-state index in [0.717, 1.165) is 24.2 Å². The Bertz CT molecular complexity index is 874. The molecule has 1 saturated heterocycles. The van der Waals surface area contributed by atoms with Gasteiger partial charge in [0.2, 0.25) is 5.91 Å². The Morgan fingerprint density at radius 3 is 2.81 bits per heavy atom. The van der Waals surface area contributed by atoms with Crippen LogP contribution in [-0.4, -0.2) is 29.9 Å². The normalized spacial score (nSPS) is 17.8. The monoisotopic (exact) mass is 351 g/mol. The van der Waals surface area contributed by atoms with Crippen LogP contribution in [0.2, 0.25) is 0 Å². The van der Waals surface area contributed by atoms with Gasteiger partial charge in [0.15, 0.2) is 0 Å². The summed E-state index contributed by atoms with van der Waals surface area (Å²) in [6.07, 6.45) is 3.06. The van der Waals surface area contributed by atoms with E-state index in [4.69, 9.17) is 4.74 Å². The number of hydrogen-bond donors (Lipinski definition) is 1. The zero-order valence-corrected chi connectivity index (χ0v) is 14.9. The van der Waals surface area contributed by atoms with Gasteiger partial charge in [-0.2, -0.15) is 0 Å². The quantitative estimate of drug-likeness (QED) is 0.922. The molecule has 2 aliphatic heterocycles. The largest absolute Gasteiger partial charge is 0.492 e. The number of pyridine rings is 1. The standard InChI is InChI=1S/C20H21N3O3/c1-20(2)12-26-18-14(5-3-6-15(18)20)19(25)22-16-9-8-13(11-21-16)23-10-4-7-17(23)24/h3,5-6,8-9,11H,4,7,10,12H2,1-2H3,(H,21,22,25). The number of nitrogens with zero attached hydrogens (tertiary/aromatic N) is 2. The van der Waals surface area contributed by atoms with Crippen molar-refractivity contribution in [2.75, 3.05) is 23.4 Å². The molecule has 0 radical (unpaired) electrons. The van der Waals surface area contributed by atoms with Crippen molar-refractivity contribution >= 4 is 23.3 Å². The minimum Gasteiger partial charge on any atom is -0.492 e. The maximum absolute atomic E-state index is 12.7. The molecule has 1 aromatic heterocycles. The fourth-order valence-corrected chi connectivity index (χ4v) is 3.46. The molecule has 0 unspecified atom stereocenters. The highest BCUT2D eigenvalue weighted by Gasteiger charge is 2.34. The van der Waals surface area contributed by atoms with Gasteiger partial charge in [-0.3, -0.25) is 9.59 Å². The third-order valence-corrected chi connectivity index (χ3v) is 4.94. The molecule has 1 aromatic carbocycles. The van der Waals surface area contributed by atoms with E-state index in [2.05, 4.69) is 24.1 Å². The summed E-state index contributed by atoms with van der Waals surface area (Å²) in [5.41, 5.74) is 2.21. The second-order valence-corrected chi connectivity index (χ2v) is 7.36. The summed E-state index contributed by atoms with van der Waals surface area (Å²) in [4.78, 5) is 30.5. The van der Waals surface area contributed by atoms with Crippen LogP contribution in [-0.2, 0) is 10.2 Å². The number of benzene rings is 1. The molecule has 6 nitrogen and oxygen atoms in total. The number of nitrogens with one attached hydrogen (secondary N) is 1. The lowest BCUT2D eigenvalue weighted by Crippen LogP contribution is -2.23. The number of fused-ring (bicyclic) bond motifs is 1. The van der Waals surface area contributed by atoms with Crippen molar-refractivity contribution in [2.45, 2.75) is 32.1 Å². The van der Waals surface area contributed by atoms with Crippen LogP contribution in [0.15, 0.2) is 36.5 Å². The molecule has 134 valence electrons. The van der Waals surface area contributed by atoms with Crippen LogP contribution in [0.1, 0.15) is 42.6 Å². The Balaban J connectivity index is 1.53. The van der Waals surface area contributed by atoms with Gasteiger partial charge >= 0.3 is 0 Å². The van der Waals surface area contributed by atoms with Crippen molar-refractivity contribution in [1.82, 2.24) is 4.98 Å². The number of amides is 2. The van der Waals surface area contributed by atoms with E-state index >= 15 is 0 Å². The van der Waals surface area contributed by atoms with Crippen LogP contribution in [0.25, 0.3) is 0 Å². The van der Waals surface area contributed by atoms with Gasteiger partial charge in [-0.1, -0.05) is 26.0 Å². The Morgan fingerprint density at radius 1 is 1.27 bits per heavy atom. The molecular weight excluding hydrogens is 330 g/mol. The van der Waals surface area contributed by atoms with Gasteiger partial charge in [-0.05, 0) is 24.6 Å². The molecule has 0 bridgehead atoms. The zero-order chi connectivity index (χ0) is 18.3. The molecule has 0 atom stereocenters. The van der Waals surface area contributed by atoms with Gasteiger partial charge in [-0.25, -0.2) is 4.98 Å². The predicted molar refractivity (Wildman–Crippen MR) is 98.7 cm³/mol. The molecular formula is C20H21N3O3. The number of carbonyl (C=O) groups is 2. The summed E-state index contributed by atoms with van der Waals surface area (Å²) < 4.78 is 5.78. The van der Waals surface area contributed by atoms with Crippen LogP contribution in [0.3, 0.4) is 0 Å². The van der Waals surface area contributed by atoms with Crippen LogP contribution in [0.4, 0.5) is 11.5 Å². The van der Waals surface area contributed by atoms with Gasteiger partial charge in [0.1, 0.15) is 11.6 Å². The minimum atomic E-state index is -0.253. The van der Waals surface area contributed by atoms with E-state index in [0.29, 0.717) is 30.2 Å². The first kappa shape index (κ1) is 16.6. The third kappa shape index (κ3) is 2.81. The van der Waals surface area contributed by atoms with Gasteiger partial charge in [-0.15, -0.1) is 0 Å². The number of para-hydroxylation sites is 1. The number of carbonyl (C=O) groups excluding carboxylic acids is 2. The average molecular weight is 351 g/mol. The summed E-state index contributed by atoms with van der Waals surface area (Å²) in [6.45, 7) is 5.47. The number of hydrogen-bond acceptors (Lipinski definition) is 4. The van der Waals surface area contributed by atoms with E-state index in [1.807, 2.05) is 12.1 Å². The molecule has 2 amide bonds. The van der Waals surface area contributed by atoms with Crippen LogP contribution >= 0.6 is 0 Å². The highest BCUT2D eigenvalue weighted by molar-refractivity contribution is 6.06. The first-order valence-corrected chi connectivity index (χ1v) is 8.80. The molecule has 2 aromatic rings. The van der Waals surface area contributed by atoms with E-state index in [1.54, 1.807) is 29.3 Å². The van der Waals surface area contributed by atoms with Crippen LogP contribution < -0.4 is 15.0 Å². The van der Waals surface area contributed by atoms with Gasteiger partial charge in [0.05, 0.1) is 24.1 Å². The third-order valence-electron chi connectivity index (χ3n) is 4.94. The van der Waals surface area contributed by atoms with Crippen molar-refractivity contribution in [3.05, 3.63) is 47.7 Å². The molecule has 0 aliphatic carbocycles. The molecule has 1 N–H and O–H groups in total. The number of rotatable bonds is 3. The van der Waals surface area contributed by atoms with Crippen molar-refractivity contribution < 1.29 is 14.3 Å². The number of ether oxygens (including phenoxy) is 1. The Kier molecular flexibility index (Phi) is 3.90. The fraction of sp³-hybridized carbons (Fsp3) is 0.350. The minimum absolute atomic E-state index is 0.103. The summed E-state index contributed by atoms with van der Waals surface area (Å²) in [7, 11) is 0. The van der Waals surface area contributed by atoms with Gasteiger partial charge < -0.3 is 15.0 Å². The average Bonchev–Trinajstić information content (AvgIpc) is 3.19. The lowest BCUT2D eigenvalue weighted by molar-refractivity contribution is -0.117. The highest BCUT2D eigenvalue weighted by atomic mass is 16.5. The predicted octanol–water partition coefficient (Wildman–Crippen LogP) is 3.13. The SMILES string of the molecule is CC1(C)COc2c(C(=O)Nc3ccc(N4CCCC4=O)cn3)cccc21. The van der Waals surface area contributed by atoms with Crippen LogP contribution in [0.5, 0.6) is 5.75 Å². The highest BCUT2D eigenvalue weighted by Crippen LogP contribution is 2.40. The van der Waals surface area contributed by atoms with E-state index < -0.39 is 0 Å². The van der Waals surface area contributed by atoms with Gasteiger partial charge in [0.25, 0.3) is 5.91 Å². The van der Waals surface area contributed by atoms with Crippen molar-refractivity contribution in [3.63, 3.8) is 0 Å². The molecule has 4 rings (SSSR count). The fourth-order valence-electron chi connectivity index (χ4n) is 3.46. The van der Waals surface area contributed by atoms with Crippen molar-refractivity contribution in [3.8, 4) is 5.75 Å². The lowest BCUT2D eigenvalue weighted by atomic mass is 9.86. The molecule has 26 heavy (non-hydrogen) atoms.